The molecular formula is C14H17ClF3NO2. The second-order valence-electron chi connectivity index (χ2n) is 5.54. The molecule has 7 heteroatoms. The topological polar surface area (TPSA) is 66.5 Å². The normalized spacial score (nSPS) is 29.3. The van der Waals surface area contributed by atoms with E-state index < -0.39 is 30.2 Å². The monoisotopic (exact) mass is 323 g/mol. The van der Waals surface area contributed by atoms with E-state index >= 15 is 0 Å². The van der Waals surface area contributed by atoms with Crippen LogP contribution in [0.25, 0.3) is 0 Å². The van der Waals surface area contributed by atoms with E-state index in [0.717, 1.165) is 0 Å². The van der Waals surface area contributed by atoms with Crippen LogP contribution in [-0.4, -0.2) is 22.0 Å². The Balaban J connectivity index is 2.71. The van der Waals surface area contributed by atoms with Gasteiger partial charge in [-0.2, -0.15) is 13.2 Å². The van der Waals surface area contributed by atoms with E-state index in [1.807, 2.05) is 0 Å². The summed E-state index contributed by atoms with van der Waals surface area (Å²) in [5.41, 5.74) is 3.47. The Morgan fingerprint density at radius 2 is 2.05 bits per heavy atom. The maximum Gasteiger partial charge on any atom is 0.419 e. The van der Waals surface area contributed by atoms with E-state index in [2.05, 4.69) is 0 Å². The molecule has 0 radical (unpaired) electrons. The van der Waals surface area contributed by atoms with Crippen molar-refractivity contribution in [3.05, 3.63) is 27.8 Å². The van der Waals surface area contributed by atoms with Gasteiger partial charge < -0.3 is 15.9 Å². The fourth-order valence-electron chi connectivity index (χ4n) is 2.96. The first kappa shape index (κ1) is 16.4. The molecule has 2 rings (SSSR count). The van der Waals surface area contributed by atoms with Gasteiger partial charge in [0.1, 0.15) is 5.75 Å². The number of hydrogen-bond donors (Lipinski definition) is 3. The highest BCUT2D eigenvalue weighted by Crippen LogP contribution is 2.54. The van der Waals surface area contributed by atoms with E-state index in [1.54, 1.807) is 13.8 Å². The van der Waals surface area contributed by atoms with Crippen molar-refractivity contribution < 1.29 is 23.4 Å². The third-order valence-corrected chi connectivity index (χ3v) is 4.75. The average molecular weight is 324 g/mol. The highest BCUT2D eigenvalue weighted by molar-refractivity contribution is 6.31. The Bertz CT molecular complexity index is 576. The van der Waals surface area contributed by atoms with Crippen LogP contribution in [0.5, 0.6) is 5.75 Å². The van der Waals surface area contributed by atoms with Crippen LogP contribution >= 0.6 is 11.6 Å². The van der Waals surface area contributed by atoms with Crippen LogP contribution < -0.4 is 5.73 Å². The number of fused-ring (bicyclic) bond motifs is 1. The van der Waals surface area contributed by atoms with Crippen molar-refractivity contribution >= 4 is 11.6 Å². The van der Waals surface area contributed by atoms with Gasteiger partial charge in [-0.15, -0.1) is 0 Å². The van der Waals surface area contributed by atoms with Crippen molar-refractivity contribution in [3.63, 3.8) is 0 Å². The molecule has 0 saturated heterocycles. The Labute approximate surface area is 125 Å². The van der Waals surface area contributed by atoms with Gasteiger partial charge in [0.25, 0.3) is 0 Å². The van der Waals surface area contributed by atoms with E-state index in [0.29, 0.717) is 17.5 Å². The van der Waals surface area contributed by atoms with Gasteiger partial charge in [0.15, 0.2) is 5.60 Å². The number of nitrogens with two attached hydrogens (primary N) is 1. The molecule has 0 aromatic heterocycles. The minimum absolute atomic E-state index is 0.0565. The number of phenolic OH excluding ortho intramolecular Hbond substituents is 1. The second kappa shape index (κ2) is 5.04. The lowest BCUT2D eigenvalue weighted by atomic mass is 9.69. The van der Waals surface area contributed by atoms with E-state index in [9.17, 15) is 23.4 Å². The van der Waals surface area contributed by atoms with Crippen LogP contribution in [0.1, 0.15) is 48.4 Å². The maximum absolute atomic E-state index is 13.2. The number of benzene rings is 1. The lowest BCUT2D eigenvalue weighted by molar-refractivity contribution is -0.275. The van der Waals surface area contributed by atoms with Gasteiger partial charge in [0.05, 0.1) is 6.04 Å². The molecule has 21 heavy (non-hydrogen) atoms. The molecule has 0 heterocycles. The molecule has 1 aliphatic carbocycles. The zero-order valence-electron chi connectivity index (χ0n) is 11.6. The van der Waals surface area contributed by atoms with Crippen molar-refractivity contribution in [1.82, 2.24) is 0 Å². The van der Waals surface area contributed by atoms with Gasteiger partial charge in [-0.1, -0.05) is 18.5 Å². The summed E-state index contributed by atoms with van der Waals surface area (Å²) in [4.78, 5) is 0. The first-order valence-corrected chi connectivity index (χ1v) is 6.98. The number of aromatic hydroxyl groups is 1. The summed E-state index contributed by atoms with van der Waals surface area (Å²) in [6, 6.07) is -0.367. The highest BCUT2D eigenvalue weighted by atomic mass is 35.5. The van der Waals surface area contributed by atoms with E-state index in [-0.39, 0.29) is 16.3 Å². The summed E-state index contributed by atoms with van der Waals surface area (Å²) >= 11 is 5.94. The van der Waals surface area contributed by atoms with Gasteiger partial charge in [0.2, 0.25) is 0 Å². The molecule has 3 atom stereocenters. The number of hydrogen-bond acceptors (Lipinski definition) is 3. The van der Waals surface area contributed by atoms with Crippen LogP contribution in [0.2, 0.25) is 5.02 Å². The number of phenols is 1. The van der Waals surface area contributed by atoms with Gasteiger partial charge in [-0.25, -0.2) is 0 Å². The average Bonchev–Trinajstić information content (AvgIpc) is 2.39. The Morgan fingerprint density at radius 3 is 2.52 bits per heavy atom. The van der Waals surface area contributed by atoms with E-state index in [4.69, 9.17) is 17.3 Å². The zero-order valence-corrected chi connectivity index (χ0v) is 12.4. The maximum atomic E-state index is 13.2. The minimum atomic E-state index is -4.86. The Hall–Kier alpha value is -0.980. The summed E-state index contributed by atoms with van der Waals surface area (Å²) in [6.07, 6.45) is -5.09. The molecule has 0 bridgehead atoms. The molecule has 0 unspecified atom stereocenters. The molecule has 0 saturated carbocycles. The van der Waals surface area contributed by atoms with Crippen LogP contribution in [0.3, 0.4) is 0 Å². The molecule has 0 spiro atoms. The van der Waals surface area contributed by atoms with Crippen molar-refractivity contribution in [3.8, 4) is 5.75 Å². The predicted octanol–water partition coefficient (Wildman–Crippen LogP) is 3.54. The summed E-state index contributed by atoms with van der Waals surface area (Å²) < 4.78 is 39.7. The van der Waals surface area contributed by atoms with Gasteiger partial charge >= 0.3 is 6.18 Å². The Kier molecular flexibility index (Phi) is 3.93. The number of aliphatic hydroxyl groups is 1. The third-order valence-electron chi connectivity index (χ3n) is 4.36. The van der Waals surface area contributed by atoms with Gasteiger partial charge in [-0.3, -0.25) is 0 Å². The molecule has 3 nitrogen and oxygen atoms in total. The minimum Gasteiger partial charge on any atom is -0.507 e. The molecule has 1 aromatic rings. The largest absolute Gasteiger partial charge is 0.507 e. The highest BCUT2D eigenvalue weighted by Gasteiger charge is 2.61. The molecular weight excluding hydrogens is 307 g/mol. The quantitative estimate of drug-likeness (QED) is 0.740. The molecule has 0 fully saturated rings. The molecule has 0 aliphatic heterocycles. The summed E-state index contributed by atoms with van der Waals surface area (Å²) in [6.45, 7) is 3.28. The SMILES string of the molecule is CC[C@@H]1C[C@](O)(C(F)(F)F)[C@@H](N)c2cc(Cl)c(C)c(O)c21. The number of rotatable bonds is 1. The fourth-order valence-corrected chi connectivity index (χ4v) is 3.17. The number of halogens is 4. The van der Waals surface area contributed by atoms with Gasteiger partial charge in [-0.05, 0) is 37.3 Å². The van der Waals surface area contributed by atoms with Crippen molar-refractivity contribution in [2.45, 2.75) is 50.4 Å². The van der Waals surface area contributed by atoms with E-state index in [1.165, 1.54) is 6.07 Å². The molecule has 118 valence electrons. The third kappa shape index (κ3) is 2.29. The lowest BCUT2D eigenvalue weighted by Crippen LogP contribution is -2.56. The Morgan fingerprint density at radius 1 is 1.48 bits per heavy atom. The summed E-state index contributed by atoms with van der Waals surface area (Å²) in [5.74, 6) is -0.772. The lowest BCUT2D eigenvalue weighted by Gasteiger charge is -2.44. The summed E-state index contributed by atoms with van der Waals surface area (Å²) in [7, 11) is 0. The number of alkyl halides is 3. The first-order chi connectivity index (χ1) is 9.54. The van der Waals surface area contributed by atoms with Gasteiger partial charge in [0, 0.05) is 16.1 Å². The molecule has 1 aromatic carbocycles. The molecule has 0 amide bonds. The first-order valence-electron chi connectivity index (χ1n) is 6.61. The van der Waals surface area contributed by atoms with Crippen molar-refractivity contribution in [1.29, 1.82) is 0 Å². The summed E-state index contributed by atoms with van der Waals surface area (Å²) in [5, 5.41) is 20.4. The second-order valence-corrected chi connectivity index (χ2v) is 5.95. The smallest absolute Gasteiger partial charge is 0.419 e. The van der Waals surface area contributed by atoms with Crippen LogP contribution in [0.15, 0.2) is 6.07 Å². The predicted molar refractivity (Wildman–Crippen MR) is 73.4 cm³/mol. The standard InChI is InChI=1S/C14H17ClF3NO2/c1-3-7-5-13(21,14(16,17)18)12(19)8-4-9(15)6(2)11(20)10(7)8/h4,7,12,20-21H,3,5,19H2,1-2H3/t7-,12+,13-/m1/s1. The fraction of sp³-hybridized carbons (Fsp3) is 0.571. The zero-order chi connectivity index (χ0) is 16.2. The van der Waals surface area contributed by atoms with Crippen molar-refractivity contribution in [2.24, 2.45) is 5.73 Å². The molecule has 4 N–H and O–H groups in total. The van der Waals surface area contributed by atoms with Crippen LogP contribution in [0, 0.1) is 6.92 Å². The molecule has 1 aliphatic rings. The van der Waals surface area contributed by atoms with Crippen molar-refractivity contribution in [2.75, 3.05) is 0 Å². The van der Waals surface area contributed by atoms with Crippen LogP contribution in [-0.2, 0) is 0 Å². The van der Waals surface area contributed by atoms with Crippen LogP contribution in [0.4, 0.5) is 13.2 Å².